The Kier molecular flexibility index (Phi) is 5.44. The lowest BCUT2D eigenvalue weighted by atomic mass is 9.80. The summed E-state index contributed by atoms with van der Waals surface area (Å²) in [6, 6.07) is 7.58. The number of nitrogens with two attached hydrogens (primary N) is 1. The Balaban J connectivity index is 1.95. The highest BCUT2D eigenvalue weighted by Crippen LogP contribution is 2.32. The van der Waals surface area contributed by atoms with Crippen LogP contribution in [-0.2, 0) is 0 Å². The average molecular weight is 276 g/mol. The zero-order valence-corrected chi connectivity index (χ0v) is 12.8. The van der Waals surface area contributed by atoms with Crippen molar-refractivity contribution in [2.75, 3.05) is 26.2 Å². The number of phenolic OH excluding ortho intramolecular Hbond substituents is 1. The third-order valence-electron chi connectivity index (χ3n) is 4.40. The average Bonchev–Trinajstić information content (AvgIpc) is 2.43. The summed E-state index contributed by atoms with van der Waals surface area (Å²) in [6.07, 6.45) is 2.46. The predicted molar refractivity (Wildman–Crippen MR) is 83.9 cm³/mol. The summed E-state index contributed by atoms with van der Waals surface area (Å²) < 4.78 is 0. The Bertz CT molecular complexity index is 394. The molecule has 1 atom stereocenters. The molecular formula is C17H28N2O. The van der Waals surface area contributed by atoms with Crippen molar-refractivity contribution >= 4 is 0 Å². The third-order valence-corrected chi connectivity index (χ3v) is 4.40. The molecule has 1 aliphatic rings. The highest BCUT2D eigenvalue weighted by atomic mass is 16.3. The van der Waals surface area contributed by atoms with Crippen molar-refractivity contribution in [1.82, 2.24) is 4.90 Å². The summed E-state index contributed by atoms with van der Waals surface area (Å²) in [5, 5.41) is 9.40. The van der Waals surface area contributed by atoms with Gasteiger partial charge in [0, 0.05) is 6.54 Å². The van der Waals surface area contributed by atoms with Crippen LogP contribution < -0.4 is 5.73 Å². The second-order valence-corrected chi connectivity index (χ2v) is 6.47. The zero-order valence-electron chi connectivity index (χ0n) is 12.8. The zero-order chi connectivity index (χ0) is 14.5. The van der Waals surface area contributed by atoms with E-state index in [4.69, 9.17) is 5.73 Å². The van der Waals surface area contributed by atoms with E-state index in [0.717, 1.165) is 5.92 Å². The van der Waals surface area contributed by atoms with Crippen molar-refractivity contribution < 1.29 is 5.11 Å². The van der Waals surface area contributed by atoms with Crippen LogP contribution in [0.4, 0.5) is 0 Å². The molecule has 0 spiro atoms. The van der Waals surface area contributed by atoms with Crippen LogP contribution in [0.25, 0.3) is 0 Å². The lowest BCUT2D eigenvalue weighted by Gasteiger charge is -2.36. The van der Waals surface area contributed by atoms with Crippen molar-refractivity contribution in [1.29, 1.82) is 0 Å². The first-order chi connectivity index (χ1) is 9.60. The maximum Gasteiger partial charge on any atom is 0.115 e. The van der Waals surface area contributed by atoms with Gasteiger partial charge < -0.3 is 15.7 Å². The normalized spacial score (nSPS) is 19.4. The van der Waals surface area contributed by atoms with Crippen LogP contribution in [-0.4, -0.2) is 36.2 Å². The standard InChI is InChI=1S/C17H28N2O/c1-13(2)12-19-9-7-15(8-10-19)17(11-18)14-3-5-16(20)6-4-14/h3-6,13,15,17,20H,7-12,18H2,1-2H3. The highest BCUT2D eigenvalue weighted by molar-refractivity contribution is 5.29. The maximum atomic E-state index is 9.40. The van der Waals surface area contributed by atoms with Gasteiger partial charge in [-0.15, -0.1) is 0 Å². The molecule has 1 aliphatic heterocycles. The molecule has 1 saturated heterocycles. The predicted octanol–water partition coefficient (Wildman–Crippen LogP) is 2.80. The van der Waals surface area contributed by atoms with Crippen molar-refractivity contribution in [3.63, 3.8) is 0 Å². The molecule has 112 valence electrons. The Morgan fingerprint density at radius 3 is 2.30 bits per heavy atom. The van der Waals surface area contributed by atoms with E-state index in [-0.39, 0.29) is 0 Å². The van der Waals surface area contributed by atoms with Gasteiger partial charge in [0.2, 0.25) is 0 Å². The minimum absolute atomic E-state index is 0.330. The molecule has 0 bridgehead atoms. The van der Waals surface area contributed by atoms with Gasteiger partial charge in [-0.25, -0.2) is 0 Å². The van der Waals surface area contributed by atoms with Crippen LogP contribution in [0.15, 0.2) is 24.3 Å². The van der Waals surface area contributed by atoms with E-state index < -0.39 is 0 Å². The van der Waals surface area contributed by atoms with Gasteiger partial charge in [0.15, 0.2) is 0 Å². The van der Waals surface area contributed by atoms with Crippen LogP contribution in [0.3, 0.4) is 0 Å². The summed E-state index contributed by atoms with van der Waals surface area (Å²) >= 11 is 0. The fourth-order valence-corrected chi connectivity index (χ4v) is 3.38. The van der Waals surface area contributed by atoms with Crippen LogP contribution >= 0.6 is 0 Å². The van der Waals surface area contributed by atoms with Gasteiger partial charge in [0.1, 0.15) is 5.75 Å². The van der Waals surface area contributed by atoms with E-state index in [1.165, 1.54) is 38.0 Å². The molecule has 0 aliphatic carbocycles. The Morgan fingerprint density at radius 1 is 1.20 bits per heavy atom. The highest BCUT2D eigenvalue weighted by Gasteiger charge is 2.26. The number of piperidine rings is 1. The molecule has 1 aromatic rings. The van der Waals surface area contributed by atoms with Gasteiger partial charge in [-0.1, -0.05) is 26.0 Å². The fraction of sp³-hybridized carbons (Fsp3) is 0.647. The van der Waals surface area contributed by atoms with Gasteiger partial charge in [0.25, 0.3) is 0 Å². The number of phenols is 1. The first-order valence-electron chi connectivity index (χ1n) is 7.81. The first kappa shape index (κ1) is 15.3. The molecule has 0 amide bonds. The second kappa shape index (κ2) is 7.09. The largest absolute Gasteiger partial charge is 0.508 e. The topological polar surface area (TPSA) is 49.5 Å². The van der Waals surface area contributed by atoms with E-state index >= 15 is 0 Å². The van der Waals surface area contributed by atoms with Crippen LogP contribution in [0.2, 0.25) is 0 Å². The van der Waals surface area contributed by atoms with Crippen molar-refractivity contribution in [2.45, 2.75) is 32.6 Å². The number of benzene rings is 1. The number of rotatable bonds is 5. The summed E-state index contributed by atoms with van der Waals surface area (Å²) in [5.74, 6) is 2.18. The van der Waals surface area contributed by atoms with Gasteiger partial charge >= 0.3 is 0 Å². The molecule has 0 saturated carbocycles. The summed E-state index contributed by atoms with van der Waals surface area (Å²) in [5.41, 5.74) is 7.28. The van der Waals surface area contributed by atoms with Crippen molar-refractivity contribution in [2.24, 2.45) is 17.6 Å². The molecule has 3 heteroatoms. The number of likely N-dealkylation sites (tertiary alicyclic amines) is 1. The van der Waals surface area contributed by atoms with E-state index in [2.05, 4.69) is 18.7 Å². The summed E-state index contributed by atoms with van der Waals surface area (Å²) in [7, 11) is 0. The van der Waals surface area contributed by atoms with Gasteiger partial charge in [-0.2, -0.15) is 0 Å². The van der Waals surface area contributed by atoms with Gasteiger partial charge in [-0.3, -0.25) is 0 Å². The number of hydrogen-bond acceptors (Lipinski definition) is 3. The monoisotopic (exact) mass is 276 g/mol. The molecule has 3 N–H and O–H groups in total. The van der Waals surface area contributed by atoms with Crippen molar-refractivity contribution in [3.05, 3.63) is 29.8 Å². The Hall–Kier alpha value is -1.06. The van der Waals surface area contributed by atoms with Crippen LogP contribution in [0, 0.1) is 11.8 Å². The maximum absolute atomic E-state index is 9.40. The Labute approximate surface area is 122 Å². The number of hydrogen-bond donors (Lipinski definition) is 2. The molecule has 0 radical (unpaired) electrons. The molecule has 1 fully saturated rings. The SMILES string of the molecule is CC(C)CN1CCC(C(CN)c2ccc(O)cc2)CC1. The van der Waals surface area contributed by atoms with E-state index in [0.29, 0.717) is 24.1 Å². The van der Waals surface area contributed by atoms with E-state index in [1.54, 1.807) is 12.1 Å². The van der Waals surface area contributed by atoms with E-state index in [9.17, 15) is 5.11 Å². The third kappa shape index (κ3) is 3.97. The smallest absolute Gasteiger partial charge is 0.115 e. The lowest BCUT2D eigenvalue weighted by molar-refractivity contribution is 0.155. The first-order valence-corrected chi connectivity index (χ1v) is 7.81. The molecule has 1 heterocycles. The fourth-order valence-electron chi connectivity index (χ4n) is 3.38. The van der Waals surface area contributed by atoms with Crippen LogP contribution in [0.5, 0.6) is 5.75 Å². The quantitative estimate of drug-likeness (QED) is 0.869. The molecule has 3 nitrogen and oxygen atoms in total. The Morgan fingerprint density at radius 2 is 1.80 bits per heavy atom. The molecule has 1 aromatic carbocycles. The second-order valence-electron chi connectivity index (χ2n) is 6.47. The molecular weight excluding hydrogens is 248 g/mol. The number of nitrogens with zero attached hydrogens (tertiary/aromatic N) is 1. The van der Waals surface area contributed by atoms with Gasteiger partial charge in [0.05, 0.1) is 0 Å². The summed E-state index contributed by atoms with van der Waals surface area (Å²) in [4.78, 5) is 2.57. The molecule has 1 unspecified atom stereocenters. The molecule has 0 aromatic heterocycles. The van der Waals surface area contributed by atoms with Crippen molar-refractivity contribution in [3.8, 4) is 5.75 Å². The van der Waals surface area contributed by atoms with Gasteiger partial charge in [-0.05, 0) is 67.9 Å². The number of aromatic hydroxyl groups is 1. The lowest BCUT2D eigenvalue weighted by Crippen LogP contribution is -2.38. The van der Waals surface area contributed by atoms with Crippen LogP contribution in [0.1, 0.15) is 38.2 Å². The van der Waals surface area contributed by atoms with E-state index in [1.807, 2.05) is 12.1 Å². The minimum Gasteiger partial charge on any atom is -0.508 e. The summed E-state index contributed by atoms with van der Waals surface area (Å²) in [6.45, 7) is 8.85. The minimum atomic E-state index is 0.330. The molecule has 20 heavy (non-hydrogen) atoms. The molecule has 2 rings (SSSR count).